The Morgan fingerprint density at radius 1 is 1.27 bits per heavy atom. The quantitative estimate of drug-likeness (QED) is 0.856. The fourth-order valence-electron chi connectivity index (χ4n) is 2.47. The van der Waals surface area contributed by atoms with Crippen LogP contribution in [0, 0.1) is 0 Å². The molecule has 1 aromatic rings. The second kappa shape index (κ2) is 5.31. The van der Waals surface area contributed by atoms with Crippen LogP contribution in [-0.4, -0.2) is 30.0 Å². The summed E-state index contributed by atoms with van der Waals surface area (Å²) in [6.07, 6.45) is -6.41. The van der Waals surface area contributed by atoms with E-state index in [2.05, 4.69) is 0 Å². The van der Waals surface area contributed by atoms with Gasteiger partial charge in [0.15, 0.2) is 17.8 Å². The fourth-order valence-corrected chi connectivity index (χ4v) is 2.68. The van der Waals surface area contributed by atoms with Gasteiger partial charge in [-0.25, -0.2) is 0 Å². The zero-order valence-corrected chi connectivity index (χ0v) is 12.6. The van der Waals surface area contributed by atoms with Crippen LogP contribution in [0.25, 0.3) is 0 Å². The van der Waals surface area contributed by atoms with Crippen molar-refractivity contribution in [2.45, 2.75) is 37.5 Å². The van der Waals surface area contributed by atoms with Crippen LogP contribution in [0.2, 0.25) is 5.02 Å². The Morgan fingerprint density at radius 2 is 1.86 bits per heavy atom. The Bertz CT molecular complexity index is 600. The lowest BCUT2D eigenvalue weighted by Gasteiger charge is -2.34. The summed E-state index contributed by atoms with van der Waals surface area (Å²) in [5.41, 5.74) is -4.29. The lowest BCUT2D eigenvalue weighted by molar-refractivity contribution is -0.250. The molecule has 1 atom stereocenters. The predicted octanol–water partition coefficient (Wildman–Crippen LogP) is 3.23. The molecule has 0 spiro atoms. The SMILES string of the molecule is CC(C)(CC(O)(C=O)C(F)(F)F)c1ccc(Cl)c2c1OCO2. The van der Waals surface area contributed by atoms with Gasteiger partial charge in [-0.1, -0.05) is 31.5 Å². The van der Waals surface area contributed by atoms with Crippen molar-refractivity contribution in [2.24, 2.45) is 0 Å². The maximum absolute atomic E-state index is 12.9. The molecule has 1 aromatic carbocycles. The number of rotatable bonds is 4. The maximum Gasteiger partial charge on any atom is 0.424 e. The lowest BCUT2D eigenvalue weighted by atomic mass is 9.75. The summed E-state index contributed by atoms with van der Waals surface area (Å²) in [5, 5.41) is 9.94. The zero-order valence-electron chi connectivity index (χ0n) is 11.8. The Labute approximate surface area is 129 Å². The van der Waals surface area contributed by atoms with Crippen LogP contribution in [0.4, 0.5) is 13.2 Å². The molecule has 0 amide bonds. The van der Waals surface area contributed by atoms with E-state index in [0.29, 0.717) is 5.56 Å². The number of ether oxygens (including phenoxy) is 2. The van der Waals surface area contributed by atoms with Crippen LogP contribution < -0.4 is 9.47 Å². The van der Waals surface area contributed by atoms with E-state index in [1.165, 1.54) is 26.0 Å². The highest BCUT2D eigenvalue weighted by Gasteiger charge is 2.56. The Kier molecular flexibility index (Phi) is 4.08. The van der Waals surface area contributed by atoms with E-state index in [9.17, 15) is 23.1 Å². The summed E-state index contributed by atoms with van der Waals surface area (Å²) in [6.45, 7) is 2.84. The second-order valence-corrected chi connectivity index (χ2v) is 6.17. The van der Waals surface area contributed by atoms with E-state index in [1.54, 1.807) is 0 Å². The third-order valence-electron chi connectivity index (χ3n) is 3.60. The number of fused-ring (bicyclic) bond motifs is 1. The van der Waals surface area contributed by atoms with Crippen molar-refractivity contribution in [3.63, 3.8) is 0 Å². The van der Waals surface area contributed by atoms with Crippen molar-refractivity contribution < 1.29 is 32.5 Å². The van der Waals surface area contributed by atoms with Crippen LogP contribution in [0.15, 0.2) is 12.1 Å². The number of alkyl halides is 3. The van der Waals surface area contributed by atoms with Gasteiger partial charge < -0.3 is 14.6 Å². The van der Waals surface area contributed by atoms with Crippen molar-refractivity contribution in [1.82, 2.24) is 0 Å². The number of aldehydes is 1. The third kappa shape index (κ3) is 2.75. The smallest absolute Gasteiger partial charge is 0.424 e. The van der Waals surface area contributed by atoms with Gasteiger partial charge in [0, 0.05) is 12.0 Å². The number of aliphatic hydroxyl groups is 1. The minimum absolute atomic E-state index is 0.0979. The molecule has 4 nitrogen and oxygen atoms in total. The molecule has 1 aliphatic heterocycles. The lowest BCUT2D eigenvalue weighted by Crippen LogP contribution is -2.50. The minimum Gasteiger partial charge on any atom is -0.453 e. The first-order valence-corrected chi connectivity index (χ1v) is 6.74. The normalized spacial score (nSPS) is 17.2. The molecular formula is C14H14ClF3O4. The van der Waals surface area contributed by atoms with Gasteiger partial charge in [0.05, 0.1) is 5.02 Å². The average molecular weight is 339 g/mol. The number of halogens is 4. The average Bonchev–Trinajstić information content (AvgIpc) is 2.86. The van der Waals surface area contributed by atoms with Gasteiger partial charge in [0.1, 0.15) is 0 Å². The summed E-state index contributed by atoms with van der Waals surface area (Å²) in [4.78, 5) is 10.8. The number of hydrogen-bond acceptors (Lipinski definition) is 4. The molecule has 0 saturated heterocycles. The van der Waals surface area contributed by atoms with Gasteiger partial charge >= 0.3 is 6.18 Å². The van der Waals surface area contributed by atoms with Crippen molar-refractivity contribution >= 4 is 17.9 Å². The number of hydrogen-bond donors (Lipinski definition) is 1. The van der Waals surface area contributed by atoms with E-state index in [4.69, 9.17) is 21.1 Å². The van der Waals surface area contributed by atoms with Crippen LogP contribution >= 0.6 is 11.6 Å². The summed E-state index contributed by atoms with van der Waals surface area (Å²) in [6, 6.07) is 2.97. The molecule has 122 valence electrons. The molecule has 2 rings (SSSR count). The molecule has 0 radical (unpaired) electrons. The van der Waals surface area contributed by atoms with Crippen molar-refractivity contribution in [3.05, 3.63) is 22.7 Å². The summed E-state index contributed by atoms with van der Waals surface area (Å²) < 4.78 is 49.2. The zero-order chi connectivity index (χ0) is 16.8. The Hall–Kier alpha value is -1.47. The van der Waals surface area contributed by atoms with Gasteiger partial charge in [-0.05, 0) is 11.5 Å². The van der Waals surface area contributed by atoms with E-state index < -0.39 is 29.9 Å². The molecule has 0 aliphatic carbocycles. The van der Waals surface area contributed by atoms with Gasteiger partial charge in [-0.2, -0.15) is 13.2 Å². The van der Waals surface area contributed by atoms with Gasteiger partial charge in [-0.3, -0.25) is 4.79 Å². The Balaban J connectivity index is 2.44. The highest BCUT2D eigenvalue weighted by Crippen LogP contribution is 2.49. The molecule has 0 saturated carbocycles. The van der Waals surface area contributed by atoms with Gasteiger partial charge in [-0.15, -0.1) is 0 Å². The maximum atomic E-state index is 12.9. The predicted molar refractivity (Wildman–Crippen MR) is 72.3 cm³/mol. The molecule has 0 aromatic heterocycles. The molecule has 1 unspecified atom stereocenters. The summed E-state index contributed by atoms with van der Waals surface area (Å²) >= 11 is 5.93. The minimum atomic E-state index is -5.07. The van der Waals surface area contributed by atoms with Crippen molar-refractivity contribution in [3.8, 4) is 11.5 Å². The molecule has 8 heteroatoms. The molecule has 0 bridgehead atoms. The standard InChI is InChI=1S/C14H14ClF3O4/c1-12(2,5-13(20,6-19)14(16,17)18)8-3-4-9(15)11-10(8)21-7-22-11/h3-4,6,20H,5,7H2,1-2H3. The first-order valence-electron chi connectivity index (χ1n) is 6.36. The first kappa shape index (κ1) is 16.9. The van der Waals surface area contributed by atoms with E-state index in [1.807, 2.05) is 0 Å². The molecule has 0 fully saturated rings. The summed E-state index contributed by atoms with van der Waals surface area (Å²) in [5.74, 6) is 0.474. The van der Waals surface area contributed by atoms with Gasteiger partial charge in [0.25, 0.3) is 0 Å². The van der Waals surface area contributed by atoms with Crippen molar-refractivity contribution in [2.75, 3.05) is 6.79 Å². The highest BCUT2D eigenvalue weighted by molar-refractivity contribution is 6.32. The number of carbonyl (C=O) groups excluding carboxylic acids is 1. The van der Waals surface area contributed by atoms with Crippen LogP contribution in [0.1, 0.15) is 25.8 Å². The second-order valence-electron chi connectivity index (χ2n) is 5.76. The van der Waals surface area contributed by atoms with Crippen LogP contribution in [0.3, 0.4) is 0 Å². The van der Waals surface area contributed by atoms with E-state index >= 15 is 0 Å². The largest absolute Gasteiger partial charge is 0.453 e. The monoisotopic (exact) mass is 338 g/mol. The van der Waals surface area contributed by atoms with E-state index in [0.717, 1.165) is 0 Å². The topological polar surface area (TPSA) is 55.8 Å². The van der Waals surface area contributed by atoms with Crippen molar-refractivity contribution in [1.29, 1.82) is 0 Å². The van der Waals surface area contributed by atoms with Crippen LogP contribution in [-0.2, 0) is 10.2 Å². The molecule has 1 N–H and O–H groups in total. The third-order valence-corrected chi connectivity index (χ3v) is 3.89. The van der Waals surface area contributed by atoms with Crippen LogP contribution in [0.5, 0.6) is 11.5 Å². The molecular weight excluding hydrogens is 325 g/mol. The Morgan fingerprint density at radius 3 is 2.41 bits per heavy atom. The first-order chi connectivity index (χ1) is 10.0. The van der Waals surface area contributed by atoms with E-state index in [-0.39, 0.29) is 23.3 Å². The highest BCUT2D eigenvalue weighted by atomic mass is 35.5. The molecule has 1 aliphatic rings. The number of benzene rings is 1. The summed E-state index contributed by atoms with van der Waals surface area (Å²) in [7, 11) is 0. The molecule has 1 heterocycles. The number of carbonyl (C=O) groups is 1. The fraction of sp³-hybridized carbons (Fsp3) is 0.500. The van der Waals surface area contributed by atoms with Gasteiger partial charge in [0.2, 0.25) is 12.4 Å². The molecule has 22 heavy (non-hydrogen) atoms.